The summed E-state index contributed by atoms with van der Waals surface area (Å²) in [4.78, 5) is 15.8. The highest BCUT2D eigenvalue weighted by atomic mass is 79.9. The molecule has 4 heterocycles. The smallest absolute Gasteiger partial charge is 0.261 e. The highest BCUT2D eigenvalue weighted by Gasteiger charge is 2.42. The van der Waals surface area contributed by atoms with Crippen LogP contribution >= 0.6 is 27.5 Å². The van der Waals surface area contributed by atoms with Gasteiger partial charge in [0.15, 0.2) is 5.65 Å². The topological polar surface area (TPSA) is 64.7 Å². The molecule has 3 aromatic heterocycles. The number of carbonyl (C=O) groups excluding carboxylic acids is 1. The van der Waals surface area contributed by atoms with E-state index in [1.54, 1.807) is 0 Å². The van der Waals surface area contributed by atoms with Gasteiger partial charge in [-0.1, -0.05) is 43.4 Å². The Bertz CT molecular complexity index is 1460. The quantitative estimate of drug-likeness (QED) is 0.180. The lowest BCUT2D eigenvalue weighted by Crippen LogP contribution is -2.30. The van der Waals surface area contributed by atoms with Gasteiger partial charge in [0.05, 0.1) is 21.5 Å². The van der Waals surface area contributed by atoms with Crippen molar-refractivity contribution in [1.29, 1.82) is 0 Å². The number of anilines is 1. The van der Waals surface area contributed by atoms with E-state index >= 15 is 0 Å². The number of hydrogen-bond acceptors (Lipinski definition) is 4. The summed E-state index contributed by atoms with van der Waals surface area (Å²) in [6, 6.07) is 12.3. The molecule has 1 amide bonds. The Morgan fingerprint density at radius 3 is 2.53 bits per heavy atom. The molecule has 7 nitrogen and oxygen atoms in total. The zero-order valence-electron chi connectivity index (χ0n) is 21.0. The number of carbonyl (C=O) groups is 1. The lowest BCUT2D eigenvalue weighted by Gasteiger charge is -2.28. The monoisotopic (exact) mass is 585 g/mol. The highest BCUT2D eigenvalue weighted by Crippen LogP contribution is 2.44. The summed E-state index contributed by atoms with van der Waals surface area (Å²) in [5.41, 5.74) is 5.05. The standard InChI is InChI=1S/C26H29BrClN5O2Si/c1-16-12-20(14-31-17(2)29-30-25(16)31)33-23(18-6-8-19(28)9-7-18)24-21(26(33)34)13-22(27)32(24)15-35-10-11-36(3,4)5/h6-9,12-14,23H,10-11,15H2,1-5H3. The zero-order valence-corrected chi connectivity index (χ0v) is 24.4. The molecule has 36 heavy (non-hydrogen) atoms. The Labute approximate surface area is 225 Å². The van der Waals surface area contributed by atoms with E-state index in [4.69, 9.17) is 16.3 Å². The third-order valence-electron chi connectivity index (χ3n) is 6.58. The van der Waals surface area contributed by atoms with Crippen molar-refractivity contribution in [3.05, 3.63) is 80.4 Å². The van der Waals surface area contributed by atoms with Crippen LogP contribution in [0, 0.1) is 13.8 Å². The molecule has 0 aliphatic carbocycles. The van der Waals surface area contributed by atoms with Crippen molar-refractivity contribution < 1.29 is 9.53 Å². The molecule has 1 unspecified atom stereocenters. The molecule has 10 heteroatoms. The van der Waals surface area contributed by atoms with Crippen molar-refractivity contribution in [2.75, 3.05) is 11.5 Å². The normalized spacial score (nSPS) is 15.8. The Hall–Kier alpha value is -2.46. The predicted octanol–water partition coefficient (Wildman–Crippen LogP) is 6.63. The van der Waals surface area contributed by atoms with Gasteiger partial charge >= 0.3 is 0 Å². The lowest BCUT2D eigenvalue weighted by atomic mass is 10.0. The van der Waals surface area contributed by atoms with E-state index in [9.17, 15) is 4.79 Å². The van der Waals surface area contributed by atoms with E-state index < -0.39 is 8.07 Å². The molecule has 5 rings (SSSR count). The van der Waals surface area contributed by atoms with E-state index in [-0.39, 0.29) is 11.9 Å². The summed E-state index contributed by atoms with van der Waals surface area (Å²) in [5.74, 6) is 0.709. The predicted molar refractivity (Wildman–Crippen MR) is 149 cm³/mol. The minimum Gasteiger partial charge on any atom is -0.361 e. The van der Waals surface area contributed by atoms with Crippen LogP contribution in [0.15, 0.2) is 47.2 Å². The number of nitrogens with zero attached hydrogens (tertiary/aromatic N) is 5. The van der Waals surface area contributed by atoms with Gasteiger partial charge in [-0.05, 0) is 71.2 Å². The maximum absolute atomic E-state index is 13.9. The number of fused-ring (bicyclic) bond motifs is 2. The molecule has 0 radical (unpaired) electrons. The number of ether oxygens (including phenoxy) is 1. The van der Waals surface area contributed by atoms with Crippen molar-refractivity contribution in [3.8, 4) is 0 Å². The average molecular weight is 587 g/mol. The molecule has 1 aliphatic rings. The maximum atomic E-state index is 13.9. The second-order valence-corrected chi connectivity index (χ2v) is 17.4. The molecule has 0 bridgehead atoms. The van der Waals surface area contributed by atoms with Crippen LogP contribution in [0.2, 0.25) is 30.7 Å². The van der Waals surface area contributed by atoms with E-state index in [0.29, 0.717) is 23.9 Å². The van der Waals surface area contributed by atoms with Gasteiger partial charge in [0, 0.05) is 25.9 Å². The molecule has 1 aromatic carbocycles. The van der Waals surface area contributed by atoms with Gasteiger partial charge in [0.2, 0.25) is 0 Å². The number of aryl methyl sites for hydroxylation is 2. The Morgan fingerprint density at radius 2 is 1.83 bits per heavy atom. The Kier molecular flexibility index (Phi) is 6.61. The van der Waals surface area contributed by atoms with Gasteiger partial charge in [-0.25, -0.2) is 0 Å². The molecule has 0 fully saturated rings. The van der Waals surface area contributed by atoms with Gasteiger partial charge in [-0.3, -0.25) is 14.1 Å². The molecule has 0 saturated heterocycles. The van der Waals surface area contributed by atoms with Crippen molar-refractivity contribution in [2.24, 2.45) is 0 Å². The number of rotatable bonds is 7. The summed E-state index contributed by atoms with van der Waals surface area (Å²) in [7, 11) is -1.21. The van der Waals surface area contributed by atoms with Crippen molar-refractivity contribution in [2.45, 2.75) is 52.3 Å². The van der Waals surface area contributed by atoms with Gasteiger partial charge in [0.1, 0.15) is 18.6 Å². The van der Waals surface area contributed by atoms with Crippen LogP contribution in [0.4, 0.5) is 5.69 Å². The summed E-state index contributed by atoms with van der Waals surface area (Å²) >= 11 is 9.90. The van der Waals surface area contributed by atoms with Crippen LogP contribution in [-0.4, -0.2) is 39.8 Å². The van der Waals surface area contributed by atoms with E-state index in [0.717, 1.165) is 44.6 Å². The first-order chi connectivity index (χ1) is 17.0. The molecule has 1 atom stereocenters. The molecular weight excluding hydrogens is 558 g/mol. The van der Waals surface area contributed by atoms with Crippen LogP contribution in [0.1, 0.15) is 39.0 Å². The minimum atomic E-state index is -1.21. The highest BCUT2D eigenvalue weighted by molar-refractivity contribution is 9.10. The largest absolute Gasteiger partial charge is 0.361 e. The first kappa shape index (κ1) is 25.2. The summed E-state index contributed by atoms with van der Waals surface area (Å²) in [6.45, 7) is 12.0. The molecule has 0 spiro atoms. The maximum Gasteiger partial charge on any atom is 0.261 e. The average Bonchev–Trinajstić information content (AvgIpc) is 3.43. The molecular formula is C26H29BrClN5O2Si. The van der Waals surface area contributed by atoms with Crippen LogP contribution in [0.3, 0.4) is 0 Å². The van der Waals surface area contributed by atoms with Crippen molar-refractivity contribution >= 4 is 52.8 Å². The van der Waals surface area contributed by atoms with Crippen LogP contribution in [-0.2, 0) is 11.5 Å². The fourth-order valence-electron chi connectivity index (χ4n) is 4.63. The summed E-state index contributed by atoms with van der Waals surface area (Å²) < 4.78 is 10.9. The molecule has 0 saturated carbocycles. The number of hydrogen-bond donors (Lipinski definition) is 0. The first-order valence-corrected chi connectivity index (χ1v) is 16.8. The number of halogens is 2. The van der Waals surface area contributed by atoms with Gasteiger partial charge in [0.25, 0.3) is 5.91 Å². The van der Waals surface area contributed by atoms with Crippen molar-refractivity contribution in [3.63, 3.8) is 0 Å². The third kappa shape index (κ3) is 4.53. The van der Waals surface area contributed by atoms with Crippen LogP contribution in [0.25, 0.3) is 5.65 Å². The lowest BCUT2D eigenvalue weighted by molar-refractivity contribution is 0.0839. The van der Waals surface area contributed by atoms with Crippen LogP contribution < -0.4 is 4.90 Å². The van der Waals surface area contributed by atoms with E-state index in [1.807, 2.05) is 65.7 Å². The van der Waals surface area contributed by atoms with Crippen molar-refractivity contribution in [1.82, 2.24) is 19.2 Å². The molecule has 1 aliphatic heterocycles. The number of benzene rings is 1. The minimum absolute atomic E-state index is 0.0593. The number of amides is 1. The zero-order chi connectivity index (χ0) is 25.8. The van der Waals surface area contributed by atoms with Gasteiger partial charge in [-0.15, -0.1) is 10.2 Å². The fourth-order valence-corrected chi connectivity index (χ4v) is 6.04. The number of pyridine rings is 1. The van der Waals surface area contributed by atoms with E-state index in [1.165, 1.54) is 0 Å². The second kappa shape index (κ2) is 9.44. The SMILES string of the molecule is Cc1cc(N2C(=O)c3cc(Br)n(COCC[Si](C)(C)C)c3C2c2ccc(Cl)cc2)cn2c(C)nnc12. The Balaban J connectivity index is 1.60. The first-order valence-electron chi connectivity index (χ1n) is 11.9. The van der Waals surface area contributed by atoms with Gasteiger partial charge < -0.3 is 9.30 Å². The third-order valence-corrected chi connectivity index (χ3v) is 9.19. The molecule has 4 aromatic rings. The van der Waals surface area contributed by atoms with Crippen LogP contribution in [0.5, 0.6) is 0 Å². The fraction of sp³-hybridized carbons (Fsp3) is 0.346. The second-order valence-electron chi connectivity index (χ2n) is 10.5. The molecule has 188 valence electrons. The summed E-state index contributed by atoms with van der Waals surface area (Å²) in [6.07, 6.45) is 1.94. The Morgan fingerprint density at radius 1 is 1.11 bits per heavy atom. The molecule has 0 N–H and O–H groups in total. The summed E-state index contributed by atoms with van der Waals surface area (Å²) in [5, 5.41) is 9.14. The number of aromatic nitrogens is 4. The van der Waals surface area contributed by atoms with E-state index in [2.05, 4.69) is 50.3 Å². The van der Waals surface area contributed by atoms with Gasteiger partial charge in [-0.2, -0.15) is 0 Å².